The average molecular weight is 602 g/mol. The van der Waals surface area contributed by atoms with Crippen LogP contribution in [0.2, 0.25) is 5.02 Å². The summed E-state index contributed by atoms with van der Waals surface area (Å²) in [5.74, 6) is 3.25. The number of carbonyl (C=O) groups excluding carboxylic acids is 4. The molecule has 1 unspecified atom stereocenters. The summed E-state index contributed by atoms with van der Waals surface area (Å²) >= 11 is 6.06. The summed E-state index contributed by atoms with van der Waals surface area (Å²) in [6, 6.07) is 16.2. The molecule has 1 fully saturated rings. The molecule has 11 nitrogen and oxygen atoms in total. The van der Waals surface area contributed by atoms with Crippen LogP contribution in [0.3, 0.4) is 0 Å². The van der Waals surface area contributed by atoms with Gasteiger partial charge in [0.05, 0.1) is 0 Å². The Morgan fingerprint density at radius 3 is 2.02 bits per heavy atom. The van der Waals surface area contributed by atoms with Gasteiger partial charge in [0.2, 0.25) is 0 Å². The first-order valence-electron chi connectivity index (χ1n) is 13.0. The number of nitrogens with one attached hydrogen (secondary N) is 1. The summed E-state index contributed by atoms with van der Waals surface area (Å²) < 4.78 is 33.0. The number of esters is 4. The van der Waals surface area contributed by atoms with E-state index in [9.17, 15) is 19.2 Å². The first-order chi connectivity index (χ1) is 20.0. The Balaban J connectivity index is 1.86. The maximum atomic E-state index is 12.0. The van der Waals surface area contributed by atoms with Crippen molar-refractivity contribution in [1.29, 1.82) is 0 Å². The SMILES string of the molecule is CC(=O)OC[C@H]1O[C@@H](OCC#CC(Nc2ccccc2)c2ccc(Cl)cc2)[C@H](OC(C)=O)[C@@H](OC(C)=O)[C@@H]1OC(C)=O. The zero-order valence-electron chi connectivity index (χ0n) is 23.5. The van der Waals surface area contributed by atoms with Crippen molar-refractivity contribution in [3.8, 4) is 11.8 Å². The molecule has 1 saturated heterocycles. The van der Waals surface area contributed by atoms with Crippen molar-refractivity contribution in [2.24, 2.45) is 0 Å². The van der Waals surface area contributed by atoms with Gasteiger partial charge in [-0.1, -0.05) is 53.8 Å². The molecule has 12 heteroatoms. The van der Waals surface area contributed by atoms with Gasteiger partial charge in [-0.25, -0.2) is 0 Å². The molecule has 0 aliphatic carbocycles. The van der Waals surface area contributed by atoms with Crippen LogP contribution in [0.25, 0.3) is 0 Å². The fourth-order valence-corrected chi connectivity index (χ4v) is 4.28. The molecule has 6 atom stereocenters. The van der Waals surface area contributed by atoms with E-state index in [4.69, 9.17) is 40.0 Å². The number of hydrogen-bond donors (Lipinski definition) is 1. The highest BCUT2D eigenvalue weighted by Crippen LogP contribution is 2.30. The molecule has 3 rings (SSSR count). The topological polar surface area (TPSA) is 136 Å². The Morgan fingerprint density at radius 2 is 1.43 bits per heavy atom. The van der Waals surface area contributed by atoms with Crippen LogP contribution in [0.4, 0.5) is 5.69 Å². The largest absolute Gasteiger partial charge is 0.463 e. The van der Waals surface area contributed by atoms with E-state index in [1.165, 1.54) is 6.92 Å². The second-order valence-electron chi connectivity index (χ2n) is 9.19. The molecule has 2 aromatic rings. The van der Waals surface area contributed by atoms with E-state index in [2.05, 4.69) is 17.2 Å². The van der Waals surface area contributed by atoms with Gasteiger partial charge in [0.25, 0.3) is 0 Å². The summed E-state index contributed by atoms with van der Waals surface area (Å²) in [6.45, 7) is 4.08. The Morgan fingerprint density at radius 1 is 0.833 bits per heavy atom. The summed E-state index contributed by atoms with van der Waals surface area (Å²) in [6.07, 6.45) is -6.38. The van der Waals surface area contributed by atoms with Gasteiger partial charge >= 0.3 is 23.9 Å². The second-order valence-corrected chi connectivity index (χ2v) is 9.63. The quantitative estimate of drug-likeness (QED) is 0.243. The van der Waals surface area contributed by atoms with Crippen molar-refractivity contribution in [2.75, 3.05) is 18.5 Å². The van der Waals surface area contributed by atoms with Crippen LogP contribution < -0.4 is 5.32 Å². The summed E-state index contributed by atoms with van der Waals surface area (Å²) in [7, 11) is 0. The van der Waals surface area contributed by atoms with E-state index < -0.39 is 60.6 Å². The lowest BCUT2D eigenvalue weighted by atomic mass is 9.98. The van der Waals surface area contributed by atoms with Crippen LogP contribution >= 0.6 is 11.6 Å². The molecule has 2 aromatic carbocycles. The van der Waals surface area contributed by atoms with E-state index in [1.54, 1.807) is 12.1 Å². The van der Waals surface area contributed by atoms with Crippen LogP contribution in [-0.2, 0) is 47.6 Å². The maximum absolute atomic E-state index is 12.0. The maximum Gasteiger partial charge on any atom is 0.303 e. The van der Waals surface area contributed by atoms with Crippen molar-refractivity contribution in [1.82, 2.24) is 0 Å². The molecule has 0 bridgehead atoms. The van der Waals surface area contributed by atoms with Gasteiger partial charge in [-0.05, 0) is 29.8 Å². The Hall–Kier alpha value is -4.11. The van der Waals surface area contributed by atoms with Gasteiger partial charge < -0.3 is 33.7 Å². The van der Waals surface area contributed by atoms with Crippen LogP contribution in [0, 0.1) is 11.8 Å². The van der Waals surface area contributed by atoms with E-state index in [1.807, 2.05) is 42.5 Å². The van der Waals surface area contributed by atoms with E-state index in [0.29, 0.717) is 5.02 Å². The lowest BCUT2D eigenvalue weighted by molar-refractivity contribution is -0.305. The van der Waals surface area contributed by atoms with Crippen LogP contribution in [0.15, 0.2) is 54.6 Å². The number of para-hydroxylation sites is 1. The number of halogens is 1. The van der Waals surface area contributed by atoms with Crippen molar-refractivity contribution < 1.29 is 47.6 Å². The molecular formula is C30H32ClNO10. The first kappa shape index (κ1) is 32.4. The highest BCUT2D eigenvalue weighted by Gasteiger charge is 2.52. The molecule has 0 radical (unpaired) electrons. The molecule has 1 aliphatic heterocycles. The molecule has 0 saturated carbocycles. The fraction of sp³-hybridized carbons (Fsp3) is 0.400. The van der Waals surface area contributed by atoms with Gasteiger partial charge in [0, 0.05) is 38.4 Å². The zero-order chi connectivity index (χ0) is 30.6. The van der Waals surface area contributed by atoms with Gasteiger partial charge in [-0.15, -0.1) is 0 Å². The monoisotopic (exact) mass is 601 g/mol. The van der Waals surface area contributed by atoms with Crippen molar-refractivity contribution in [3.05, 3.63) is 65.2 Å². The van der Waals surface area contributed by atoms with Gasteiger partial charge in [0.1, 0.15) is 25.4 Å². The lowest BCUT2D eigenvalue weighted by Gasteiger charge is -2.43. The highest BCUT2D eigenvalue weighted by atomic mass is 35.5. The second kappa shape index (κ2) is 15.8. The number of ether oxygens (including phenoxy) is 6. The minimum Gasteiger partial charge on any atom is -0.463 e. The Labute approximate surface area is 248 Å². The molecule has 1 heterocycles. The van der Waals surface area contributed by atoms with Gasteiger partial charge in [0.15, 0.2) is 24.6 Å². The molecule has 42 heavy (non-hydrogen) atoms. The molecule has 0 amide bonds. The normalized spacial score (nSPS) is 22.0. The third-order valence-electron chi connectivity index (χ3n) is 5.80. The number of rotatable bonds is 10. The summed E-state index contributed by atoms with van der Waals surface area (Å²) in [5.41, 5.74) is 1.69. The summed E-state index contributed by atoms with van der Waals surface area (Å²) in [4.78, 5) is 47.4. The predicted molar refractivity (Wildman–Crippen MR) is 150 cm³/mol. The highest BCUT2D eigenvalue weighted by molar-refractivity contribution is 6.30. The zero-order valence-corrected chi connectivity index (χ0v) is 24.3. The minimum atomic E-state index is -1.33. The van der Waals surface area contributed by atoms with E-state index in [-0.39, 0.29) is 13.2 Å². The minimum absolute atomic E-state index is 0.200. The first-order valence-corrected chi connectivity index (χ1v) is 13.4. The third kappa shape index (κ3) is 10.1. The van der Waals surface area contributed by atoms with Crippen LogP contribution in [-0.4, -0.2) is 67.8 Å². The number of hydrogen-bond acceptors (Lipinski definition) is 11. The van der Waals surface area contributed by atoms with Gasteiger partial charge in [-0.2, -0.15) is 0 Å². The van der Waals surface area contributed by atoms with Crippen molar-refractivity contribution in [2.45, 2.75) is 64.4 Å². The average Bonchev–Trinajstić information content (AvgIpc) is 2.92. The predicted octanol–water partition coefficient (Wildman–Crippen LogP) is 3.60. The van der Waals surface area contributed by atoms with Gasteiger partial charge in [-0.3, -0.25) is 19.2 Å². The third-order valence-corrected chi connectivity index (χ3v) is 6.05. The molecule has 224 valence electrons. The number of carbonyl (C=O) groups is 4. The van der Waals surface area contributed by atoms with Crippen molar-refractivity contribution in [3.63, 3.8) is 0 Å². The number of benzene rings is 2. The van der Waals surface area contributed by atoms with Crippen LogP contribution in [0.1, 0.15) is 39.3 Å². The van der Waals surface area contributed by atoms with Crippen LogP contribution in [0.5, 0.6) is 0 Å². The smallest absolute Gasteiger partial charge is 0.303 e. The Bertz CT molecular complexity index is 1290. The molecule has 1 aliphatic rings. The van der Waals surface area contributed by atoms with E-state index >= 15 is 0 Å². The van der Waals surface area contributed by atoms with Crippen molar-refractivity contribution >= 4 is 41.2 Å². The number of anilines is 1. The molecule has 0 aromatic heterocycles. The summed E-state index contributed by atoms with van der Waals surface area (Å²) in [5, 5.41) is 3.93. The van der Waals surface area contributed by atoms with E-state index in [0.717, 1.165) is 32.0 Å². The fourth-order valence-electron chi connectivity index (χ4n) is 4.15. The Kier molecular flexibility index (Phi) is 12.2. The standard InChI is InChI=1S/C30H32ClNO10/c1-18(33)38-17-26-27(39-19(2)34)28(40-20(3)35)29(41-21(4)36)30(42-26)37-16-8-11-25(22-12-14-23(31)15-13-22)32-24-9-6-5-7-10-24/h5-7,9-10,12-15,25-30,32H,16-17H2,1-4H3/t25?,26-,27-,28+,29-,30-/m1/s1. The molecular weight excluding hydrogens is 570 g/mol. The lowest BCUT2D eigenvalue weighted by Crippen LogP contribution is -2.63. The molecule has 1 N–H and O–H groups in total. The molecule has 0 spiro atoms.